The Hall–Kier alpha value is -1.29. The molecule has 0 N–H and O–H groups in total. The number of halogens is 1. The molecule has 2 aliphatic heterocycles. The second-order valence-electron chi connectivity index (χ2n) is 6.95. The molecule has 0 aromatic carbocycles. The molecule has 2 fully saturated rings. The molecule has 0 unspecified atom stereocenters. The number of carbonyl (C=O) groups is 1. The van der Waals surface area contributed by atoms with Gasteiger partial charge in [0.2, 0.25) is 5.91 Å². The molecule has 1 aromatic rings. The number of anilines is 1. The van der Waals surface area contributed by atoms with Crippen molar-refractivity contribution in [3.8, 4) is 0 Å². The summed E-state index contributed by atoms with van der Waals surface area (Å²) in [6.45, 7) is 7.01. The molecular formula is C17H24ClN3O. The molecular weight excluding hydrogens is 298 g/mol. The molecule has 0 aliphatic carbocycles. The summed E-state index contributed by atoms with van der Waals surface area (Å²) in [5, 5.41) is 0.715. The average Bonchev–Trinajstić information content (AvgIpc) is 2.50. The minimum atomic E-state index is 0.192. The number of aromatic nitrogens is 1. The van der Waals surface area contributed by atoms with E-state index in [1.54, 1.807) is 6.20 Å². The Kier molecular flexibility index (Phi) is 4.31. The molecule has 0 saturated carbocycles. The smallest absolute Gasteiger partial charge is 0.222 e. The fourth-order valence-corrected chi connectivity index (χ4v) is 4.09. The van der Waals surface area contributed by atoms with Gasteiger partial charge in [-0.25, -0.2) is 4.98 Å². The summed E-state index contributed by atoms with van der Waals surface area (Å²) in [6.07, 6.45) is 5.77. The number of hydrogen-bond donors (Lipinski definition) is 0. The van der Waals surface area contributed by atoms with Gasteiger partial charge in [0, 0.05) is 43.7 Å². The molecule has 1 aromatic heterocycles. The van der Waals surface area contributed by atoms with Gasteiger partial charge < -0.3 is 9.80 Å². The first kappa shape index (κ1) is 15.6. The van der Waals surface area contributed by atoms with Gasteiger partial charge in [0.1, 0.15) is 5.82 Å². The molecule has 0 radical (unpaired) electrons. The number of amides is 1. The van der Waals surface area contributed by atoms with Crippen molar-refractivity contribution >= 4 is 23.3 Å². The molecule has 3 rings (SSSR count). The van der Waals surface area contributed by atoms with Gasteiger partial charge >= 0.3 is 0 Å². The van der Waals surface area contributed by atoms with Gasteiger partial charge in [0.15, 0.2) is 0 Å². The second kappa shape index (κ2) is 6.07. The highest BCUT2D eigenvalue weighted by Gasteiger charge is 2.42. The molecule has 22 heavy (non-hydrogen) atoms. The van der Waals surface area contributed by atoms with Gasteiger partial charge in [-0.15, -0.1) is 0 Å². The van der Waals surface area contributed by atoms with Crippen LogP contribution in [0.15, 0.2) is 18.3 Å². The van der Waals surface area contributed by atoms with E-state index in [0.717, 1.165) is 38.3 Å². The van der Waals surface area contributed by atoms with E-state index in [-0.39, 0.29) is 11.5 Å². The quantitative estimate of drug-likeness (QED) is 0.838. The molecule has 2 aliphatic rings. The zero-order valence-electron chi connectivity index (χ0n) is 13.4. The molecule has 1 spiro atoms. The van der Waals surface area contributed by atoms with E-state index in [1.165, 1.54) is 6.42 Å². The van der Waals surface area contributed by atoms with Crippen LogP contribution >= 0.6 is 11.6 Å². The van der Waals surface area contributed by atoms with E-state index in [4.69, 9.17) is 11.6 Å². The number of hydrogen-bond acceptors (Lipinski definition) is 3. The Labute approximate surface area is 137 Å². The highest BCUT2D eigenvalue weighted by atomic mass is 35.5. The van der Waals surface area contributed by atoms with Crippen LogP contribution in [0.2, 0.25) is 5.02 Å². The van der Waals surface area contributed by atoms with E-state index < -0.39 is 0 Å². The van der Waals surface area contributed by atoms with Crippen molar-refractivity contribution in [3.63, 3.8) is 0 Å². The maximum absolute atomic E-state index is 12.1. The van der Waals surface area contributed by atoms with Crippen molar-refractivity contribution in [2.75, 3.05) is 24.5 Å². The third kappa shape index (κ3) is 2.94. The minimum absolute atomic E-state index is 0.192. The largest absolute Gasteiger partial charge is 0.355 e. The Balaban J connectivity index is 1.80. The SMILES string of the molecule is CC(C)N1C[C@@]2(CCCN(c3ncccc3Cl)C2)CCC1=O. The molecule has 2 saturated heterocycles. The second-order valence-corrected chi connectivity index (χ2v) is 7.36. The molecule has 0 bridgehead atoms. The molecule has 5 heteroatoms. The first-order valence-corrected chi connectivity index (χ1v) is 8.53. The van der Waals surface area contributed by atoms with Gasteiger partial charge in [-0.2, -0.15) is 0 Å². The Morgan fingerprint density at radius 3 is 2.86 bits per heavy atom. The van der Waals surface area contributed by atoms with Crippen LogP contribution < -0.4 is 4.90 Å². The summed E-state index contributed by atoms with van der Waals surface area (Å²) in [4.78, 5) is 21.0. The predicted octanol–water partition coefficient (Wildman–Crippen LogP) is 3.35. The molecule has 1 amide bonds. The zero-order chi connectivity index (χ0) is 15.7. The first-order chi connectivity index (χ1) is 10.5. The summed E-state index contributed by atoms with van der Waals surface area (Å²) < 4.78 is 0. The Morgan fingerprint density at radius 2 is 2.14 bits per heavy atom. The van der Waals surface area contributed by atoms with Gasteiger partial charge in [-0.3, -0.25) is 4.79 Å². The number of likely N-dealkylation sites (tertiary alicyclic amines) is 1. The predicted molar refractivity (Wildman–Crippen MR) is 89.2 cm³/mol. The Bertz CT molecular complexity index is 563. The van der Waals surface area contributed by atoms with Crippen molar-refractivity contribution in [2.45, 2.75) is 45.6 Å². The lowest BCUT2D eigenvalue weighted by molar-refractivity contribution is -0.140. The fraction of sp³-hybridized carbons (Fsp3) is 0.647. The molecule has 3 heterocycles. The van der Waals surface area contributed by atoms with Crippen molar-refractivity contribution in [1.29, 1.82) is 0 Å². The lowest BCUT2D eigenvalue weighted by Gasteiger charge is -2.49. The van der Waals surface area contributed by atoms with Gasteiger partial charge in [0.25, 0.3) is 0 Å². The zero-order valence-corrected chi connectivity index (χ0v) is 14.1. The number of rotatable bonds is 2. The lowest BCUT2D eigenvalue weighted by atomic mass is 9.73. The highest BCUT2D eigenvalue weighted by molar-refractivity contribution is 6.32. The van der Waals surface area contributed by atoms with Crippen LogP contribution in [0.5, 0.6) is 0 Å². The van der Waals surface area contributed by atoms with Crippen molar-refractivity contribution < 1.29 is 4.79 Å². The van der Waals surface area contributed by atoms with Crippen molar-refractivity contribution in [3.05, 3.63) is 23.4 Å². The summed E-state index contributed by atoms with van der Waals surface area (Å²) >= 11 is 6.32. The van der Waals surface area contributed by atoms with Crippen LogP contribution in [0.3, 0.4) is 0 Å². The summed E-state index contributed by atoms with van der Waals surface area (Å²) in [5.74, 6) is 1.19. The van der Waals surface area contributed by atoms with Crippen molar-refractivity contribution in [2.24, 2.45) is 5.41 Å². The monoisotopic (exact) mass is 321 g/mol. The van der Waals surface area contributed by atoms with Crippen LogP contribution in [0.1, 0.15) is 39.5 Å². The number of nitrogens with zero attached hydrogens (tertiary/aromatic N) is 3. The molecule has 4 nitrogen and oxygen atoms in total. The molecule has 120 valence electrons. The third-order valence-electron chi connectivity index (χ3n) is 5.02. The third-order valence-corrected chi connectivity index (χ3v) is 5.31. The van der Waals surface area contributed by atoms with Crippen LogP contribution in [0, 0.1) is 5.41 Å². The van der Waals surface area contributed by atoms with Crippen LogP contribution in [-0.4, -0.2) is 41.5 Å². The highest BCUT2D eigenvalue weighted by Crippen LogP contribution is 2.41. The summed E-state index contributed by atoms with van der Waals surface area (Å²) in [7, 11) is 0. The van der Waals surface area contributed by atoms with Crippen LogP contribution in [-0.2, 0) is 4.79 Å². The normalized spacial score (nSPS) is 26.1. The van der Waals surface area contributed by atoms with Gasteiger partial charge in [-0.1, -0.05) is 11.6 Å². The van der Waals surface area contributed by atoms with E-state index in [9.17, 15) is 4.79 Å². The van der Waals surface area contributed by atoms with Crippen LogP contribution in [0.25, 0.3) is 0 Å². The summed E-state index contributed by atoms with van der Waals surface area (Å²) in [6, 6.07) is 4.04. The van der Waals surface area contributed by atoms with E-state index in [1.807, 2.05) is 17.0 Å². The fourth-order valence-electron chi connectivity index (χ4n) is 3.85. The Morgan fingerprint density at radius 1 is 1.32 bits per heavy atom. The number of pyridine rings is 1. The van der Waals surface area contributed by atoms with Crippen molar-refractivity contribution in [1.82, 2.24) is 9.88 Å². The maximum Gasteiger partial charge on any atom is 0.222 e. The van der Waals surface area contributed by atoms with Crippen LogP contribution in [0.4, 0.5) is 5.82 Å². The number of carbonyl (C=O) groups excluding carboxylic acids is 1. The van der Waals surface area contributed by atoms with Gasteiger partial charge in [0.05, 0.1) is 5.02 Å². The van der Waals surface area contributed by atoms with E-state index in [0.29, 0.717) is 17.4 Å². The first-order valence-electron chi connectivity index (χ1n) is 8.16. The standard InChI is InChI=1S/C17H24ClN3O/c1-13(2)21-12-17(8-6-15(21)22)7-4-10-20(11-17)16-14(18)5-3-9-19-16/h3,5,9,13H,4,6-8,10-12H2,1-2H3/t17-/m0/s1. The number of piperidine rings is 2. The molecule has 1 atom stereocenters. The van der Waals surface area contributed by atoms with E-state index in [2.05, 4.69) is 23.7 Å². The lowest BCUT2D eigenvalue weighted by Crippen LogP contribution is -2.55. The van der Waals surface area contributed by atoms with Gasteiger partial charge in [-0.05, 0) is 45.2 Å². The minimum Gasteiger partial charge on any atom is -0.355 e. The summed E-state index contributed by atoms with van der Waals surface area (Å²) in [5.41, 5.74) is 0.192. The average molecular weight is 322 g/mol. The van der Waals surface area contributed by atoms with E-state index >= 15 is 0 Å². The maximum atomic E-state index is 12.1. The topological polar surface area (TPSA) is 36.4 Å².